The Morgan fingerprint density at radius 2 is 1.74 bits per heavy atom. The molecule has 2 heterocycles. The van der Waals surface area contributed by atoms with Crippen LogP contribution >= 0.6 is 27.3 Å². The zero-order valence-corrected chi connectivity index (χ0v) is 20.1. The predicted octanol–water partition coefficient (Wildman–Crippen LogP) is 5.25. The SMILES string of the molecule is CC1CCN(S(=O)(=O)c2ccc(C(=O)Nc3nc(-c4ccc(Br)cc4)cs3)cc2)CC1. The number of carbonyl (C=O) groups is 1. The van der Waals surface area contributed by atoms with Gasteiger partial charge in [-0.05, 0) is 55.2 Å². The van der Waals surface area contributed by atoms with Gasteiger partial charge >= 0.3 is 0 Å². The highest BCUT2D eigenvalue weighted by Gasteiger charge is 2.28. The molecule has 1 saturated heterocycles. The van der Waals surface area contributed by atoms with E-state index in [-0.39, 0.29) is 10.8 Å². The van der Waals surface area contributed by atoms with E-state index in [0.717, 1.165) is 28.6 Å². The molecule has 0 unspecified atom stereocenters. The third-order valence-corrected chi connectivity index (χ3v) is 8.56. The van der Waals surface area contributed by atoms with Gasteiger partial charge in [-0.1, -0.05) is 35.0 Å². The minimum atomic E-state index is -3.53. The van der Waals surface area contributed by atoms with Crippen molar-refractivity contribution in [1.82, 2.24) is 9.29 Å². The summed E-state index contributed by atoms with van der Waals surface area (Å²) in [6.07, 6.45) is 1.74. The average Bonchev–Trinajstić information content (AvgIpc) is 3.23. The van der Waals surface area contributed by atoms with Gasteiger partial charge in [0.05, 0.1) is 10.6 Å². The van der Waals surface area contributed by atoms with Crippen LogP contribution in [0.3, 0.4) is 0 Å². The summed E-state index contributed by atoms with van der Waals surface area (Å²) in [7, 11) is -3.53. The van der Waals surface area contributed by atoms with Crippen LogP contribution in [0.2, 0.25) is 0 Å². The number of aromatic nitrogens is 1. The third-order valence-electron chi connectivity index (χ3n) is 5.36. The van der Waals surface area contributed by atoms with Gasteiger partial charge in [0.15, 0.2) is 5.13 Å². The van der Waals surface area contributed by atoms with E-state index >= 15 is 0 Å². The quantitative estimate of drug-likeness (QED) is 0.499. The van der Waals surface area contributed by atoms with Gasteiger partial charge in [0.1, 0.15) is 0 Å². The fourth-order valence-electron chi connectivity index (χ4n) is 3.41. The molecule has 0 spiro atoms. The Morgan fingerprint density at radius 3 is 2.39 bits per heavy atom. The Kier molecular flexibility index (Phi) is 6.57. The summed E-state index contributed by atoms with van der Waals surface area (Å²) in [6.45, 7) is 3.22. The van der Waals surface area contributed by atoms with E-state index in [1.165, 1.54) is 39.9 Å². The van der Waals surface area contributed by atoms with Gasteiger partial charge in [-0.2, -0.15) is 4.31 Å². The van der Waals surface area contributed by atoms with Crippen molar-refractivity contribution in [2.45, 2.75) is 24.7 Å². The highest BCUT2D eigenvalue weighted by Crippen LogP contribution is 2.27. The van der Waals surface area contributed by atoms with Crippen molar-refractivity contribution in [2.75, 3.05) is 18.4 Å². The first-order chi connectivity index (χ1) is 14.8. The number of nitrogens with zero attached hydrogens (tertiary/aromatic N) is 2. The van der Waals surface area contributed by atoms with E-state index < -0.39 is 10.0 Å². The molecule has 0 bridgehead atoms. The summed E-state index contributed by atoms with van der Waals surface area (Å²) >= 11 is 4.75. The molecule has 0 atom stereocenters. The number of carbonyl (C=O) groups excluding carboxylic acids is 1. The second-order valence-electron chi connectivity index (χ2n) is 7.61. The summed E-state index contributed by atoms with van der Waals surface area (Å²) < 4.78 is 28.2. The number of piperidine rings is 1. The molecular formula is C22H22BrN3O3S2. The zero-order chi connectivity index (χ0) is 22.0. The van der Waals surface area contributed by atoms with Crippen molar-refractivity contribution in [3.8, 4) is 11.3 Å². The fourth-order valence-corrected chi connectivity index (χ4v) is 5.86. The molecule has 6 nitrogen and oxygen atoms in total. The fraction of sp³-hybridized carbons (Fsp3) is 0.273. The summed E-state index contributed by atoms with van der Waals surface area (Å²) in [5.74, 6) is 0.222. The maximum Gasteiger partial charge on any atom is 0.257 e. The molecule has 0 radical (unpaired) electrons. The summed E-state index contributed by atoms with van der Waals surface area (Å²) in [5.41, 5.74) is 2.12. The Hall–Kier alpha value is -2.07. The van der Waals surface area contributed by atoms with Gasteiger partial charge < -0.3 is 0 Å². The molecular weight excluding hydrogens is 498 g/mol. The average molecular weight is 520 g/mol. The number of anilines is 1. The number of amides is 1. The van der Waals surface area contributed by atoms with Crippen LogP contribution in [0.1, 0.15) is 30.1 Å². The summed E-state index contributed by atoms with van der Waals surface area (Å²) in [6, 6.07) is 13.9. The third kappa shape index (κ3) is 5.06. The first kappa shape index (κ1) is 22.1. The molecule has 1 aliphatic heterocycles. The van der Waals surface area contributed by atoms with E-state index in [1.807, 2.05) is 29.6 Å². The molecule has 1 N–H and O–H groups in total. The standard InChI is InChI=1S/C22H22BrN3O3S2/c1-15-10-12-26(13-11-15)31(28,29)19-8-4-17(5-9-19)21(27)25-22-24-20(14-30-22)16-2-6-18(23)7-3-16/h2-9,14-15H,10-13H2,1H3,(H,24,25,27). The monoisotopic (exact) mass is 519 g/mol. The van der Waals surface area contributed by atoms with Crippen LogP contribution in [0.25, 0.3) is 11.3 Å². The van der Waals surface area contributed by atoms with Gasteiger partial charge in [-0.3, -0.25) is 10.1 Å². The molecule has 2 aromatic carbocycles. The van der Waals surface area contributed by atoms with Gasteiger partial charge in [0.25, 0.3) is 5.91 Å². The lowest BCUT2D eigenvalue weighted by atomic mass is 10.0. The molecule has 0 saturated carbocycles. The molecule has 4 rings (SSSR count). The number of benzene rings is 2. The molecule has 1 amide bonds. The first-order valence-corrected chi connectivity index (χ1v) is 13.1. The van der Waals surface area contributed by atoms with Crippen LogP contribution in [0.15, 0.2) is 63.3 Å². The lowest BCUT2D eigenvalue weighted by molar-refractivity contribution is 0.102. The van der Waals surface area contributed by atoms with E-state index in [2.05, 4.69) is 33.2 Å². The summed E-state index contributed by atoms with van der Waals surface area (Å²) in [5, 5.41) is 5.16. The number of nitrogens with one attached hydrogen (secondary N) is 1. The number of halogens is 1. The molecule has 162 valence electrons. The first-order valence-electron chi connectivity index (χ1n) is 9.96. The normalized spacial score (nSPS) is 15.7. The Bertz CT molecular complexity index is 1170. The number of hydrogen-bond acceptors (Lipinski definition) is 5. The van der Waals surface area contributed by atoms with Crippen LogP contribution < -0.4 is 5.32 Å². The smallest absolute Gasteiger partial charge is 0.257 e. The van der Waals surface area contributed by atoms with E-state index in [1.54, 1.807) is 0 Å². The highest BCUT2D eigenvalue weighted by molar-refractivity contribution is 9.10. The molecule has 1 aromatic heterocycles. The van der Waals surface area contributed by atoms with Crippen LogP contribution in [-0.2, 0) is 10.0 Å². The minimum Gasteiger partial charge on any atom is -0.298 e. The maximum atomic E-state index is 12.8. The van der Waals surface area contributed by atoms with Gasteiger partial charge in [-0.25, -0.2) is 13.4 Å². The number of sulfonamides is 1. The van der Waals surface area contributed by atoms with Gasteiger partial charge in [0.2, 0.25) is 10.0 Å². The Labute approximate surface area is 194 Å². The minimum absolute atomic E-state index is 0.213. The molecule has 1 aliphatic rings. The van der Waals surface area contributed by atoms with Crippen LogP contribution in [0.4, 0.5) is 5.13 Å². The highest BCUT2D eigenvalue weighted by atomic mass is 79.9. The second kappa shape index (κ2) is 9.20. The van der Waals surface area contributed by atoms with Crippen LogP contribution in [0, 0.1) is 5.92 Å². The van der Waals surface area contributed by atoms with Crippen molar-refractivity contribution in [3.05, 3.63) is 63.9 Å². The number of rotatable bonds is 5. The summed E-state index contributed by atoms with van der Waals surface area (Å²) in [4.78, 5) is 17.3. The van der Waals surface area contributed by atoms with E-state index in [0.29, 0.717) is 29.7 Å². The molecule has 1 fully saturated rings. The van der Waals surface area contributed by atoms with E-state index in [9.17, 15) is 13.2 Å². The largest absolute Gasteiger partial charge is 0.298 e. The predicted molar refractivity (Wildman–Crippen MR) is 127 cm³/mol. The van der Waals surface area contributed by atoms with Gasteiger partial charge in [0, 0.05) is 34.1 Å². The lowest BCUT2D eigenvalue weighted by Gasteiger charge is -2.29. The maximum absolute atomic E-state index is 12.8. The molecule has 31 heavy (non-hydrogen) atoms. The molecule has 3 aromatic rings. The second-order valence-corrected chi connectivity index (χ2v) is 11.3. The van der Waals surface area contributed by atoms with Crippen molar-refractivity contribution in [2.24, 2.45) is 5.92 Å². The zero-order valence-electron chi connectivity index (χ0n) is 16.9. The number of thiazole rings is 1. The van der Waals surface area contributed by atoms with Crippen molar-refractivity contribution in [3.63, 3.8) is 0 Å². The van der Waals surface area contributed by atoms with Crippen molar-refractivity contribution in [1.29, 1.82) is 0 Å². The van der Waals surface area contributed by atoms with Crippen LogP contribution in [-0.4, -0.2) is 36.7 Å². The van der Waals surface area contributed by atoms with Crippen LogP contribution in [0.5, 0.6) is 0 Å². The van der Waals surface area contributed by atoms with Crippen molar-refractivity contribution >= 4 is 48.3 Å². The Morgan fingerprint density at radius 1 is 1.10 bits per heavy atom. The topological polar surface area (TPSA) is 79.4 Å². The Balaban J connectivity index is 1.43. The van der Waals surface area contributed by atoms with Gasteiger partial charge in [-0.15, -0.1) is 11.3 Å². The lowest BCUT2D eigenvalue weighted by Crippen LogP contribution is -2.37. The molecule has 0 aliphatic carbocycles. The van der Waals surface area contributed by atoms with E-state index in [4.69, 9.17) is 0 Å². The van der Waals surface area contributed by atoms with Crippen molar-refractivity contribution < 1.29 is 13.2 Å². The number of hydrogen-bond donors (Lipinski definition) is 1. The molecule has 9 heteroatoms.